The van der Waals surface area contributed by atoms with Gasteiger partial charge in [0.1, 0.15) is 12.0 Å². The number of halogens is 1. The number of nitrogens with zero attached hydrogens (tertiary/aromatic N) is 3. The first kappa shape index (κ1) is 25.5. The van der Waals surface area contributed by atoms with Crippen LogP contribution in [0.2, 0.25) is 0 Å². The Kier molecular flexibility index (Phi) is 6.13. The molecule has 4 aromatic rings. The van der Waals surface area contributed by atoms with Crippen molar-refractivity contribution in [2.45, 2.75) is 12.2 Å². The molecule has 1 fully saturated rings. The topological polar surface area (TPSA) is 90.3 Å². The van der Waals surface area contributed by atoms with Gasteiger partial charge < -0.3 is 19.1 Å². The molecular formula is C30H24FN3O6S. The van der Waals surface area contributed by atoms with Crippen molar-refractivity contribution in [3.8, 4) is 27.3 Å². The highest BCUT2D eigenvalue weighted by Gasteiger charge is 2.46. The molecule has 3 aliphatic rings. The summed E-state index contributed by atoms with van der Waals surface area (Å²) in [6.45, 7) is 0.299. The highest BCUT2D eigenvalue weighted by atomic mass is 32.1. The number of amides is 1. The van der Waals surface area contributed by atoms with Crippen molar-refractivity contribution in [3.05, 3.63) is 99.0 Å². The molecule has 2 aromatic heterocycles. The number of aromatic nitrogens is 1. The molecule has 41 heavy (non-hydrogen) atoms. The smallest absolute Gasteiger partial charge is 0.343 e. The van der Waals surface area contributed by atoms with E-state index in [1.165, 1.54) is 19.2 Å². The first-order chi connectivity index (χ1) is 20.0. The van der Waals surface area contributed by atoms with E-state index in [1.54, 1.807) is 39.2 Å². The predicted octanol–water partition coefficient (Wildman–Crippen LogP) is 3.79. The number of benzene rings is 2. The second-order valence-corrected chi connectivity index (χ2v) is 10.8. The van der Waals surface area contributed by atoms with Crippen LogP contribution < -0.4 is 15.2 Å². The summed E-state index contributed by atoms with van der Waals surface area (Å²) in [6.07, 6.45) is 0.991. The van der Waals surface area contributed by atoms with Crippen LogP contribution >= 0.6 is 11.3 Å². The van der Waals surface area contributed by atoms with Crippen molar-refractivity contribution in [3.63, 3.8) is 0 Å². The maximum Gasteiger partial charge on any atom is 0.343 e. The van der Waals surface area contributed by atoms with E-state index in [0.717, 1.165) is 32.7 Å². The Labute approximate surface area is 237 Å². The van der Waals surface area contributed by atoms with Gasteiger partial charge in [0.2, 0.25) is 5.43 Å². The number of hydrogen-bond donors (Lipinski definition) is 0. The van der Waals surface area contributed by atoms with Crippen LogP contribution in [0, 0.1) is 5.82 Å². The van der Waals surface area contributed by atoms with Gasteiger partial charge in [-0.3, -0.25) is 19.3 Å². The van der Waals surface area contributed by atoms with E-state index in [2.05, 4.69) is 4.74 Å². The number of thiophene rings is 1. The lowest BCUT2D eigenvalue weighted by atomic mass is 9.92. The molecule has 0 bridgehead atoms. The standard InChI is InChI=1S/C30H24FN3O6S/c1-38-25(36)16-40-28-23(35)8-10-33-27(28)30(37)32-11-12-39-15-24(32)34(33)26-18-4-2-3-5-20(18)29-21(9-13-41-29)22-14-17(31)6-7-19(22)26/h2-10,13-14,24,26H,11-12,15-16H2,1H3/t24-,26?/m1/s1. The summed E-state index contributed by atoms with van der Waals surface area (Å²) in [6, 6.07) is 15.5. The summed E-state index contributed by atoms with van der Waals surface area (Å²) in [5, 5.41) is 3.99. The summed E-state index contributed by atoms with van der Waals surface area (Å²) in [4.78, 5) is 41.6. The van der Waals surface area contributed by atoms with Gasteiger partial charge >= 0.3 is 5.97 Å². The quantitative estimate of drug-likeness (QED) is 0.343. The summed E-state index contributed by atoms with van der Waals surface area (Å²) in [5.74, 6) is -1.69. The molecule has 0 N–H and O–H groups in total. The summed E-state index contributed by atoms with van der Waals surface area (Å²) < 4.78 is 32.6. The Morgan fingerprint density at radius 1 is 1.07 bits per heavy atom. The van der Waals surface area contributed by atoms with Crippen LogP contribution in [-0.2, 0) is 14.3 Å². The van der Waals surface area contributed by atoms with E-state index in [-0.39, 0.29) is 30.4 Å². The Morgan fingerprint density at radius 2 is 1.90 bits per heavy atom. The average molecular weight is 574 g/mol. The molecule has 1 saturated heterocycles. The fraction of sp³-hybridized carbons (Fsp3) is 0.233. The summed E-state index contributed by atoms with van der Waals surface area (Å²) in [7, 11) is 1.22. The molecule has 208 valence electrons. The number of pyridine rings is 1. The number of methoxy groups -OCH3 is 1. The molecule has 11 heteroatoms. The molecule has 9 nitrogen and oxygen atoms in total. The molecule has 2 atom stereocenters. The third-order valence-corrected chi connectivity index (χ3v) is 8.70. The van der Waals surface area contributed by atoms with Gasteiger partial charge in [-0.2, -0.15) is 0 Å². The minimum atomic E-state index is -0.684. The van der Waals surface area contributed by atoms with Crippen molar-refractivity contribution >= 4 is 23.2 Å². The molecule has 1 amide bonds. The van der Waals surface area contributed by atoms with Crippen LogP contribution in [0.15, 0.2) is 71.0 Å². The number of morpholine rings is 1. The molecular weight excluding hydrogens is 549 g/mol. The Morgan fingerprint density at radius 3 is 2.76 bits per heavy atom. The highest BCUT2D eigenvalue weighted by Crippen LogP contribution is 2.50. The van der Waals surface area contributed by atoms with Gasteiger partial charge in [0.05, 0.1) is 26.4 Å². The van der Waals surface area contributed by atoms with Crippen LogP contribution in [-0.4, -0.2) is 61.1 Å². The van der Waals surface area contributed by atoms with E-state index in [4.69, 9.17) is 9.47 Å². The minimum absolute atomic E-state index is 0.000265. The van der Waals surface area contributed by atoms with Crippen LogP contribution in [0.5, 0.6) is 5.75 Å². The van der Waals surface area contributed by atoms with Gasteiger partial charge in [0.25, 0.3) is 5.91 Å². The zero-order valence-electron chi connectivity index (χ0n) is 21.9. The van der Waals surface area contributed by atoms with Crippen LogP contribution in [0.3, 0.4) is 0 Å². The minimum Gasteiger partial charge on any atom is -0.475 e. The molecule has 2 aliphatic heterocycles. The van der Waals surface area contributed by atoms with Gasteiger partial charge in [0.15, 0.2) is 18.1 Å². The Bertz CT molecular complexity index is 1770. The number of hydrogen-bond acceptors (Lipinski definition) is 8. The number of carbonyl (C=O) groups excluding carboxylic acids is 2. The lowest BCUT2D eigenvalue weighted by molar-refractivity contribution is -0.142. The molecule has 0 saturated carbocycles. The fourth-order valence-corrected chi connectivity index (χ4v) is 6.93. The lowest BCUT2D eigenvalue weighted by Gasteiger charge is -2.51. The predicted molar refractivity (Wildman–Crippen MR) is 149 cm³/mol. The first-order valence-electron chi connectivity index (χ1n) is 13.1. The van der Waals surface area contributed by atoms with Gasteiger partial charge in [-0.1, -0.05) is 30.3 Å². The molecule has 0 radical (unpaired) electrons. The van der Waals surface area contributed by atoms with E-state index in [1.807, 2.05) is 40.7 Å². The van der Waals surface area contributed by atoms with Crippen molar-refractivity contribution in [2.75, 3.05) is 38.5 Å². The maximum absolute atomic E-state index is 14.8. The van der Waals surface area contributed by atoms with Gasteiger partial charge in [-0.15, -0.1) is 11.3 Å². The van der Waals surface area contributed by atoms with Crippen LogP contribution in [0.4, 0.5) is 4.39 Å². The van der Waals surface area contributed by atoms with Gasteiger partial charge in [-0.05, 0) is 45.8 Å². The second-order valence-electron chi connectivity index (χ2n) is 9.89. The molecule has 0 spiro atoms. The molecule has 4 heterocycles. The maximum atomic E-state index is 14.8. The molecule has 1 unspecified atom stereocenters. The number of rotatable bonds is 4. The van der Waals surface area contributed by atoms with Crippen molar-refractivity contribution in [1.29, 1.82) is 0 Å². The van der Waals surface area contributed by atoms with Gasteiger partial charge in [-0.25, -0.2) is 9.18 Å². The van der Waals surface area contributed by atoms with Crippen LogP contribution in [0.1, 0.15) is 27.7 Å². The normalized spacial score (nSPS) is 18.8. The zero-order valence-corrected chi connectivity index (χ0v) is 22.7. The monoisotopic (exact) mass is 573 g/mol. The second kappa shape index (κ2) is 9.86. The Hall–Kier alpha value is -4.48. The summed E-state index contributed by atoms with van der Waals surface area (Å²) in [5.41, 5.74) is 3.90. The number of ether oxygens (including phenoxy) is 3. The van der Waals surface area contributed by atoms with Crippen molar-refractivity contribution in [1.82, 2.24) is 9.58 Å². The lowest BCUT2D eigenvalue weighted by Crippen LogP contribution is -2.66. The average Bonchev–Trinajstić information content (AvgIpc) is 3.45. The van der Waals surface area contributed by atoms with Gasteiger partial charge in [0, 0.05) is 29.2 Å². The Balaban J connectivity index is 1.51. The molecule has 1 aliphatic carbocycles. The van der Waals surface area contributed by atoms with E-state index >= 15 is 0 Å². The SMILES string of the molecule is COC(=O)COc1c2n(ccc1=O)N(C1c3ccc(F)cc3-c3ccsc3-c3ccccc31)[C@@H]1COCCN1C2=O. The number of esters is 1. The highest BCUT2D eigenvalue weighted by molar-refractivity contribution is 7.14. The third-order valence-electron chi connectivity index (χ3n) is 7.75. The summed E-state index contributed by atoms with van der Waals surface area (Å²) >= 11 is 1.58. The molecule has 2 aromatic carbocycles. The van der Waals surface area contributed by atoms with E-state index < -0.39 is 36.1 Å². The van der Waals surface area contributed by atoms with Crippen LogP contribution in [0.25, 0.3) is 21.6 Å². The largest absolute Gasteiger partial charge is 0.475 e. The number of carbonyl (C=O) groups is 2. The molecule has 7 rings (SSSR count). The third kappa shape index (κ3) is 3.95. The fourth-order valence-electron chi connectivity index (χ4n) is 5.97. The van der Waals surface area contributed by atoms with E-state index in [9.17, 15) is 18.8 Å². The van der Waals surface area contributed by atoms with E-state index in [0.29, 0.717) is 6.61 Å². The first-order valence-corrected chi connectivity index (χ1v) is 13.9. The number of fused-ring (bicyclic) bond motifs is 7. The van der Waals surface area contributed by atoms with Crippen molar-refractivity contribution in [2.24, 2.45) is 0 Å². The van der Waals surface area contributed by atoms with Crippen molar-refractivity contribution < 1.29 is 28.2 Å². The zero-order chi connectivity index (χ0) is 28.2.